The normalized spacial score (nSPS) is 18.0. The number of rotatable bonds is 4. The minimum atomic E-state index is 0. The van der Waals surface area contributed by atoms with Gasteiger partial charge in [0.2, 0.25) is 5.91 Å². The Hall–Kier alpha value is -0.360. The quantitative estimate of drug-likeness (QED) is 0.883. The van der Waals surface area contributed by atoms with Crippen molar-refractivity contribution in [1.82, 2.24) is 15.6 Å². The van der Waals surface area contributed by atoms with E-state index < -0.39 is 0 Å². The first kappa shape index (κ1) is 16.6. The molecule has 0 radical (unpaired) electrons. The summed E-state index contributed by atoms with van der Waals surface area (Å²) in [6, 6.07) is 0.0290. The van der Waals surface area contributed by atoms with Gasteiger partial charge in [-0.1, -0.05) is 0 Å². The van der Waals surface area contributed by atoms with Gasteiger partial charge >= 0.3 is 0 Å². The van der Waals surface area contributed by atoms with Crippen molar-refractivity contribution in [3.8, 4) is 0 Å². The van der Waals surface area contributed by atoms with Crippen LogP contribution in [0.2, 0.25) is 0 Å². The lowest BCUT2D eigenvalue weighted by Gasteiger charge is -2.09. The average Bonchev–Trinajstić information content (AvgIpc) is 2.90. The number of halogens is 2. The number of nitrogens with one attached hydrogen (secondary N) is 2. The molecule has 2 rings (SSSR count). The Morgan fingerprint density at radius 1 is 1.59 bits per heavy atom. The van der Waals surface area contributed by atoms with E-state index in [1.807, 2.05) is 5.38 Å². The summed E-state index contributed by atoms with van der Waals surface area (Å²) in [7, 11) is 0. The van der Waals surface area contributed by atoms with Crippen LogP contribution in [0, 0.1) is 0 Å². The fraction of sp³-hybridized carbons (Fsp3) is 0.600. The van der Waals surface area contributed by atoms with Crippen molar-refractivity contribution in [1.29, 1.82) is 0 Å². The van der Waals surface area contributed by atoms with Gasteiger partial charge in [0.1, 0.15) is 0 Å². The van der Waals surface area contributed by atoms with E-state index in [-0.39, 0.29) is 36.8 Å². The maximum atomic E-state index is 11.6. The molecule has 2 heterocycles. The van der Waals surface area contributed by atoms with Crippen molar-refractivity contribution in [3.05, 3.63) is 16.6 Å². The van der Waals surface area contributed by atoms with Crippen LogP contribution in [0.15, 0.2) is 11.6 Å². The summed E-state index contributed by atoms with van der Waals surface area (Å²) in [6.45, 7) is 1.65. The number of thiazole rings is 1. The molecule has 7 heteroatoms. The molecule has 0 aromatic carbocycles. The van der Waals surface area contributed by atoms with Gasteiger partial charge in [-0.25, -0.2) is 4.98 Å². The Balaban J connectivity index is 0.00000128. The Kier molecular flexibility index (Phi) is 8.51. The lowest BCUT2D eigenvalue weighted by molar-refractivity contribution is -0.122. The molecule has 1 aromatic rings. The zero-order valence-electron chi connectivity index (χ0n) is 9.35. The van der Waals surface area contributed by atoms with E-state index in [4.69, 9.17) is 0 Å². The zero-order chi connectivity index (χ0) is 10.5. The predicted molar refractivity (Wildman–Crippen MR) is 74.3 cm³/mol. The summed E-state index contributed by atoms with van der Waals surface area (Å²) in [4.78, 5) is 15.7. The summed E-state index contributed by atoms with van der Waals surface area (Å²) in [5.74, 6) is 0.129. The monoisotopic (exact) mass is 297 g/mol. The fourth-order valence-electron chi connectivity index (χ4n) is 1.70. The predicted octanol–water partition coefficient (Wildman–Crippen LogP) is 1.40. The maximum Gasteiger partial charge on any atom is 0.237 e. The molecular formula is C10H17Cl2N3OS. The first-order valence-electron chi connectivity index (χ1n) is 5.26. The fourth-order valence-corrected chi connectivity index (χ4v) is 2.32. The molecule has 0 aliphatic carbocycles. The van der Waals surface area contributed by atoms with Crippen molar-refractivity contribution in [3.63, 3.8) is 0 Å². The molecule has 4 nitrogen and oxygen atoms in total. The molecule has 2 N–H and O–H groups in total. The molecule has 1 fully saturated rings. The molecule has 1 saturated heterocycles. The highest BCUT2D eigenvalue weighted by atomic mass is 35.5. The molecular weight excluding hydrogens is 281 g/mol. The molecule has 1 amide bonds. The van der Waals surface area contributed by atoms with Crippen LogP contribution in [-0.2, 0) is 11.2 Å². The smallest absolute Gasteiger partial charge is 0.237 e. The largest absolute Gasteiger partial charge is 0.354 e. The Morgan fingerprint density at radius 3 is 3.00 bits per heavy atom. The van der Waals surface area contributed by atoms with Crippen LogP contribution in [0.3, 0.4) is 0 Å². The van der Waals surface area contributed by atoms with Crippen LogP contribution in [-0.4, -0.2) is 30.0 Å². The summed E-state index contributed by atoms with van der Waals surface area (Å²) in [5.41, 5.74) is 0. The van der Waals surface area contributed by atoms with Crippen molar-refractivity contribution >= 4 is 42.1 Å². The number of hydrogen-bond donors (Lipinski definition) is 2. The Labute approximate surface area is 117 Å². The number of amides is 1. The van der Waals surface area contributed by atoms with Crippen molar-refractivity contribution < 1.29 is 4.79 Å². The average molecular weight is 298 g/mol. The molecule has 0 spiro atoms. The van der Waals surface area contributed by atoms with Gasteiger partial charge in [0.05, 0.1) is 11.0 Å². The van der Waals surface area contributed by atoms with Gasteiger partial charge in [0, 0.05) is 24.5 Å². The lowest BCUT2D eigenvalue weighted by atomic mass is 10.2. The third kappa shape index (κ3) is 5.21. The molecule has 98 valence electrons. The second-order valence-electron chi connectivity index (χ2n) is 3.62. The van der Waals surface area contributed by atoms with E-state index in [0.29, 0.717) is 6.54 Å². The summed E-state index contributed by atoms with van der Waals surface area (Å²) in [6.07, 6.45) is 4.68. The summed E-state index contributed by atoms with van der Waals surface area (Å²) >= 11 is 1.63. The van der Waals surface area contributed by atoms with E-state index in [1.165, 1.54) is 0 Å². The van der Waals surface area contributed by atoms with E-state index in [2.05, 4.69) is 15.6 Å². The molecule has 0 bridgehead atoms. The highest BCUT2D eigenvalue weighted by Gasteiger charge is 2.21. The minimum Gasteiger partial charge on any atom is -0.354 e. The van der Waals surface area contributed by atoms with Crippen LogP contribution in [0.5, 0.6) is 0 Å². The number of aromatic nitrogens is 1. The number of nitrogens with zero attached hydrogens (tertiary/aromatic N) is 1. The first-order chi connectivity index (χ1) is 7.36. The minimum absolute atomic E-state index is 0. The molecule has 1 aliphatic rings. The number of carbonyl (C=O) groups excluding carboxylic acids is 1. The molecule has 17 heavy (non-hydrogen) atoms. The Morgan fingerprint density at radius 2 is 2.41 bits per heavy atom. The van der Waals surface area contributed by atoms with Crippen LogP contribution in [0.1, 0.15) is 17.8 Å². The SMILES string of the molecule is Cl.Cl.O=C(NCCc1nccs1)C1CCCN1. The highest BCUT2D eigenvalue weighted by molar-refractivity contribution is 7.09. The third-order valence-electron chi connectivity index (χ3n) is 2.50. The number of hydrogen-bond acceptors (Lipinski definition) is 4. The van der Waals surface area contributed by atoms with Gasteiger partial charge in [0.15, 0.2) is 0 Å². The summed E-state index contributed by atoms with van der Waals surface area (Å²) < 4.78 is 0. The van der Waals surface area contributed by atoms with Crippen molar-refractivity contribution in [2.75, 3.05) is 13.1 Å². The van der Waals surface area contributed by atoms with Crippen LogP contribution < -0.4 is 10.6 Å². The maximum absolute atomic E-state index is 11.6. The van der Waals surface area contributed by atoms with E-state index in [9.17, 15) is 4.79 Å². The van der Waals surface area contributed by atoms with Gasteiger partial charge in [-0.3, -0.25) is 4.79 Å². The van der Waals surface area contributed by atoms with Crippen LogP contribution >= 0.6 is 36.2 Å². The second kappa shape index (κ2) is 8.69. The third-order valence-corrected chi connectivity index (χ3v) is 3.34. The molecule has 1 aromatic heterocycles. The van der Waals surface area contributed by atoms with Crippen LogP contribution in [0.4, 0.5) is 0 Å². The Bertz CT molecular complexity index is 315. The second-order valence-corrected chi connectivity index (χ2v) is 4.59. The van der Waals surface area contributed by atoms with E-state index >= 15 is 0 Å². The van der Waals surface area contributed by atoms with Crippen molar-refractivity contribution in [2.24, 2.45) is 0 Å². The van der Waals surface area contributed by atoms with Gasteiger partial charge in [-0.05, 0) is 19.4 Å². The van der Waals surface area contributed by atoms with Crippen LogP contribution in [0.25, 0.3) is 0 Å². The highest BCUT2D eigenvalue weighted by Crippen LogP contribution is 2.05. The van der Waals surface area contributed by atoms with Gasteiger partial charge in [0.25, 0.3) is 0 Å². The van der Waals surface area contributed by atoms with E-state index in [1.54, 1.807) is 17.5 Å². The topological polar surface area (TPSA) is 54.0 Å². The van der Waals surface area contributed by atoms with E-state index in [0.717, 1.165) is 30.8 Å². The van der Waals surface area contributed by atoms with Gasteiger partial charge < -0.3 is 10.6 Å². The lowest BCUT2D eigenvalue weighted by Crippen LogP contribution is -2.41. The number of carbonyl (C=O) groups is 1. The summed E-state index contributed by atoms with van der Waals surface area (Å²) in [5, 5.41) is 9.14. The van der Waals surface area contributed by atoms with Gasteiger partial charge in [-0.2, -0.15) is 0 Å². The zero-order valence-corrected chi connectivity index (χ0v) is 11.8. The molecule has 1 aliphatic heterocycles. The molecule has 0 saturated carbocycles. The first-order valence-corrected chi connectivity index (χ1v) is 6.14. The standard InChI is InChI=1S/C10H15N3OS.2ClH/c14-10(8-2-1-4-11-8)13-5-3-9-12-6-7-15-9;;/h6-8,11H,1-5H2,(H,13,14);2*1H. The van der Waals surface area contributed by atoms with Crippen molar-refractivity contribution in [2.45, 2.75) is 25.3 Å². The molecule has 1 unspecified atom stereocenters. The van der Waals surface area contributed by atoms with Gasteiger partial charge in [-0.15, -0.1) is 36.2 Å². The molecule has 1 atom stereocenters.